The molecule has 1 aliphatic heterocycles. The molecule has 118 valence electrons. The van der Waals surface area contributed by atoms with Crippen LogP contribution in [0.15, 0.2) is 18.2 Å². The fraction of sp³-hybridized carbons (Fsp3) is 0.500. The fourth-order valence-corrected chi connectivity index (χ4v) is 2.44. The lowest BCUT2D eigenvalue weighted by atomic mass is 10.1. The predicted octanol–water partition coefficient (Wildman–Crippen LogP) is 1.94. The predicted molar refractivity (Wildman–Crippen MR) is 82.6 cm³/mol. The molecule has 0 unspecified atom stereocenters. The van der Waals surface area contributed by atoms with Crippen LogP contribution in [0, 0.1) is 5.82 Å². The number of carbonyl (C=O) groups is 1. The highest BCUT2D eigenvalue weighted by Gasteiger charge is 2.27. The van der Waals surface area contributed by atoms with E-state index in [9.17, 15) is 9.18 Å². The maximum absolute atomic E-state index is 12.9. The van der Waals surface area contributed by atoms with Gasteiger partial charge in [-0.2, -0.15) is 0 Å². The van der Waals surface area contributed by atoms with Gasteiger partial charge in [-0.25, -0.2) is 4.39 Å². The van der Waals surface area contributed by atoms with Crippen LogP contribution in [0.3, 0.4) is 0 Å². The van der Waals surface area contributed by atoms with Gasteiger partial charge in [0.15, 0.2) is 0 Å². The second-order valence-electron chi connectivity index (χ2n) is 4.78. The molecule has 2 N–H and O–H groups in total. The number of carbonyl (C=O) groups excluding carboxylic acids is 1. The Morgan fingerprint density at radius 2 is 2.33 bits per heavy atom. The molecule has 0 saturated carbocycles. The number of nitrogens with one attached hydrogen (secondary N) is 2. The van der Waals surface area contributed by atoms with Gasteiger partial charge in [0.1, 0.15) is 11.9 Å². The van der Waals surface area contributed by atoms with Gasteiger partial charge in [-0.1, -0.05) is 17.7 Å². The molecular formula is C14H19Cl2FN2O2. The first-order valence-corrected chi connectivity index (χ1v) is 7.02. The largest absolute Gasteiger partial charge is 0.375 e. The van der Waals surface area contributed by atoms with Gasteiger partial charge in [0.25, 0.3) is 0 Å². The van der Waals surface area contributed by atoms with E-state index in [1.165, 1.54) is 12.1 Å². The highest BCUT2D eigenvalue weighted by Crippen LogP contribution is 2.17. The normalized spacial score (nSPS) is 21.5. The molecule has 1 aliphatic rings. The summed E-state index contributed by atoms with van der Waals surface area (Å²) in [5.74, 6) is -0.449. The third kappa shape index (κ3) is 5.11. The smallest absolute Gasteiger partial charge is 0.239 e. The molecular weight excluding hydrogens is 318 g/mol. The summed E-state index contributed by atoms with van der Waals surface area (Å²) in [5, 5.41) is 6.34. The average Bonchev–Trinajstić information content (AvgIpc) is 2.41. The minimum atomic E-state index is -0.361. The minimum Gasteiger partial charge on any atom is -0.375 e. The van der Waals surface area contributed by atoms with Crippen molar-refractivity contribution in [2.45, 2.75) is 25.5 Å². The van der Waals surface area contributed by atoms with Crippen LogP contribution in [0.25, 0.3) is 0 Å². The molecule has 1 amide bonds. The second kappa shape index (κ2) is 8.54. The van der Waals surface area contributed by atoms with E-state index in [-0.39, 0.29) is 36.3 Å². The maximum Gasteiger partial charge on any atom is 0.239 e. The molecule has 0 aromatic heterocycles. The van der Waals surface area contributed by atoms with Crippen LogP contribution in [0.1, 0.15) is 12.5 Å². The Morgan fingerprint density at radius 3 is 3.00 bits per heavy atom. The van der Waals surface area contributed by atoms with E-state index < -0.39 is 0 Å². The van der Waals surface area contributed by atoms with Gasteiger partial charge in [-0.15, -0.1) is 12.4 Å². The van der Waals surface area contributed by atoms with Gasteiger partial charge in [0.2, 0.25) is 5.91 Å². The average molecular weight is 337 g/mol. The summed E-state index contributed by atoms with van der Waals surface area (Å²) in [5.41, 5.74) is 0.814. The van der Waals surface area contributed by atoms with Crippen LogP contribution in [-0.2, 0) is 16.0 Å². The Labute approximate surface area is 134 Å². The summed E-state index contributed by atoms with van der Waals surface area (Å²) in [4.78, 5) is 12.0. The maximum atomic E-state index is 12.9. The quantitative estimate of drug-likeness (QED) is 0.883. The molecule has 0 bridgehead atoms. The van der Waals surface area contributed by atoms with E-state index in [1.807, 2.05) is 6.92 Å². The molecule has 1 saturated heterocycles. The number of benzene rings is 1. The van der Waals surface area contributed by atoms with Gasteiger partial charge < -0.3 is 15.4 Å². The standard InChI is InChI=1S/C14H18ClFN2O2.ClH/c1-9-13(17-6-7-20-9)14(19)18-5-4-10-2-3-11(16)8-12(10)15;/h2-3,8-9,13,17H,4-7H2,1H3,(H,18,19);1H/t9-,13+;/m1./s1. The molecule has 0 spiro atoms. The molecule has 0 aliphatic carbocycles. The van der Waals surface area contributed by atoms with Crippen molar-refractivity contribution in [1.82, 2.24) is 10.6 Å². The molecule has 1 heterocycles. The van der Waals surface area contributed by atoms with Crippen LogP contribution >= 0.6 is 24.0 Å². The summed E-state index contributed by atoms with van der Waals surface area (Å²) in [6.07, 6.45) is 0.422. The Kier molecular flexibility index (Phi) is 7.39. The number of amides is 1. The molecule has 2 rings (SSSR count). The van der Waals surface area contributed by atoms with Crippen molar-refractivity contribution in [2.24, 2.45) is 0 Å². The number of ether oxygens (including phenoxy) is 1. The molecule has 7 heteroatoms. The van der Waals surface area contributed by atoms with Crippen molar-refractivity contribution in [2.75, 3.05) is 19.7 Å². The van der Waals surface area contributed by atoms with Crippen molar-refractivity contribution in [3.8, 4) is 0 Å². The minimum absolute atomic E-state index is 0. The van der Waals surface area contributed by atoms with Crippen molar-refractivity contribution in [3.63, 3.8) is 0 Å². The number of halogens is 3. The van der Waals surface area contributed by atoms with Gasteiger partial charge in [0, 0.05) is 18.1 Å². The summed E-state index contributed by atoms with van der Waals surface area (Å²) < 4.78 is 18.3. The van der Waals surface area contributed by atoms with Crippen LogP contribution in [-0.4, -0.2) is 37.7 Å². The number of rotatable bonds is 4. The van der Waals surface area contributed by atoms with E-state index in [0.717, 1.165) is 5.56 Å². The van der Waals surface area contributed by atoms with E-state index in [2.05, 4.69) is 10.6 Å². The summed E-state index contributed by atoms with van der Waals surface area (Å²) >= 11 is 5.93. The number of morpholine rings is 1. The number of hydrogen-bond acceptors (Lipinski definition) is 3. The first-order valence-electron chi connectivity index (χ1n) is 6.64. The Hall–Kier alpha value is -0.880. The van der Waals surface area contributed by atoms with Gasteiger partial charge in [-0.05, 0) is 31.0 Å². The molecule has 1 aromatic carbocycles. The summed E-state index contributed by atoms with van der Waals surface area (Å²) in [7, 11) is 0. The lowest BCUT2D eigenvalue weighted by Crippen LogP contribution is -2.55. The molecule has 21 heavy (non-hydrogen) atoms. The zero-order valence-electron chi connectivity index (χ0n) is 11.7. The van der Waals surface area contributed by atoms with Crippen molar-refractivity contribution < 1.29 is 13.9 Å². The SMILES string of the molecule is C[C@H]1OCCN[C@@H]1C(=O)NCCc1ccc(F)cc1Cl.Cl. The first-order chi connectivity index (χ1) is 9.58. The Bertz CT molecular complexity index is 488. The molecule has 1 aromatic rings. The van der Waals surface area contributed by atoms with E-state index >= 15 is 0 Å². The Morgan fingerprint density at radius 1 is 1.57 bits per heavy atom. The van der Waals surface area contributed by atoms with Crippen LogP contribution < -0.4 is 10.6 Å². The van der Waals surface area contributed by atoms with E-state index in [0.29, 0.717) is 31.1 Å². The van der Waals surface area contributed by atoms with Crippen LogP contribution in [0.5, 0.6) is 0 Å². The van der Waals surface area contributed by atoms with Crippen molar-refractivity contribution >= 4 is 29.9 Å². The van der Waals surface area contributed by atoms with Gasteiger partial charge >= 0.3 is 0 Å². The Balaban J connectivity index is 0.00000220. The second-order valence-corrected chi connectivity index (χ2v) is 5.19. The first kappa shape index (κ1) is 18.2. The molecule has 0 radical (unpaired) electrons. The van der Waals surface area contributed by atoms with E-state index in [1.54, 1.807) is 6.07 Å². The van der Waals surface area contributed by atoms with Crippen molar-refractivity contribution in [3.05, 3.63) is 34.6 Å². The molecule has 2 atom stereocenters. The van der Waals surface area contributed by atoms with Gasteiger partial charge in [-0.3, -0.25) is 4.79 Å². The van der Waals surface area contributed by atoms with E-state index in [4.69, 9.17) is 16.3 Å². The summed E-state index contributed by atoms with van der Waals surface area (Å²) in [6.45, 7) is 3.62. The zero-order valence-corrected chi connectivity index (χ0v) is 13.3. The van der Waals surface area contributed by atoms with Crippen LogP contribution in [0.4, 0.5) is 4.39 Å². The molecule has 4 nitrogen and oxygen atoms in total. The van der Waals surface area contributed by atoms with Crippen LogP contribution in [0.2, 0.25) is 5.02 Å². The molecule has 1 fully saturated rings. The highest BCUT2D eigenvalue weighted by atomic mass is 35.5. The summed E-state index contributed by atoms with van der Waals surface area (Å²) in [6, 6.07) is 3.94. The topological polar surface area (TPSA) is 50.4 Å². The zero-order chi connectivity index (χ0) is 14.5. The highest BCUT2D eigenvalue weighted by molar-refractivity contribution is 6.31. The number of hydrogen-bond donors (Lipinski definition) is 2. The third-order valence-corrected chi connectivity index (χ3v) is 3.66. The third-order valence-electron chi connectivity index (χ3n) is 3.31. The monoisotopic (exact) mass is 336 g/mol. The van der Waals surface area contributed by atoms with Gasteiger partial charge in [0.05, 0.1) is 12.7 Å². The van der Waals surface area contributed by atoms with Crippen molar-refractivity contribution in [1.29, 1.82) is 0 Å². The fourth-order valence-electron chi connectivity index (χ4n) is 2.18. The lowest BCUT2D eigenvalue weighted by Gasteiger charge is -2.29. The lowest BCUT2D eigenvalue weighted by molar-refractivity contribution is -0.128.